The molecule has 2 heteroatoms. The van der Waals surface area contributed by atoms with Crippen molar-refractivity contribution in [3.63, 3.8) is 0 Å². The number of hydrogen-bond donors (Lipinski definition) is 0. The van der Waals surface area contributed by atoms with Crippen LogP contribution in [0.15, 0.2) is 0 Å². The molecular formula is C19H38NO. The average Bonchev–Trinajstić information content (AvgIpc) is 2.43. The van der Waals surface area contributed by atoms with Gasteiger partial charge in [0.15, 0.2) is 0 Å². The van der Waals surface area contributed by atoms with E-state index in [9.17, 15) is 4.79 Å². The van der Waals surface area contributed by atoms with Gasteiger partial charge in [-0.2, -0.15) is 0 Å². The summed E-state index contributed by atoms with van der Waals surface area (Å²) < 4.78 is 0. The molecule has 0 aromatic heterocycles. The molecule has 0 aliphatic carbocycles. The molecule has 0 atom stereocenters. The van der Waals surface area contributed by atoms with Crippen LogP contribution in [0.5, 0.6) is 0 Å². The fourth-order valence-electron chi connectivity index (χ4n) is 2.62. The normalized spacial score (nSPS) is 11.3. The van der Waals surface area contributed by atoms with Crippen molar-refractivity contribution < 1.29 is 4.79 Å². The molecule has 0 saturated heterocycles. The summed E-state index contributed by atoms with van der Waals surface area (Å²) in [7, 11) is 0. The number of nitrogens with zero attached hydrogens (tertiary/aromatic N) is 1. The number of hydrogen-bond acceptors (Lipinski definition) is 1. The Morgan fingerprint density at radius 3 is 1.38 bits per heavy atom. The molecule has 0 bridgehead atoms. The van der Waals surface area contributed by atoms with Crippen molar-refractivity contribution in [1.29, 1.82) is 0 Å². The highest BCUT2D eigenvalue weighted by Gasteiger charge is 2.03. The highest BCUT2D eigenvalue weighted by molar-refractivity contribution is 5.47. The second-order valence-corrected chi connectivity index (χ2v) is 7.27. The summed E-state index contributed by atoms with van der Waals surface area (Å²) in [4.78, 5) is 12.8. The van der Waals surface area contributed by atoms with Crippen LogP contribution in [0, 0.1) is 11.8 Å². The lowest BCUT2D eigenvalue weighted by Gasteiger charge is -2.16. The van der Waals surface area contributed by atoms with E-state index >= 15 is 0 Å². The largest absolute Gasteiger partial charge is 0.334 e. The van der Waals surface area contributed by atoms with Gasteiger partial charge in [-0.05, 0) is 24.7 Å². The smallest absolute Gasteiger partial charge is 0.312 e. The van der Waals surface area contributed by atoms with Gasteiger partial charge in [0, 0.05) is 13.1 Å². The third-order valence-electron chi connectivity index (χ3n) is 4.05. The van der Waals surface area contributed by atoms with Gasteiger partial charge in [0.05, 0.1) is 0 Å². The van der Waals surface area contributed by atoms with E-state index in [4.69, 9.17) is 0 Å². The van der Waals surface area contributed by atoms with Crippen LogP contribution >= 0.6 is 0 Å². The Labute approximate surface area is 133 Å². The third-order valence-corrected chi connectivity index (χ3v) is 4.05. The summed E-state index contributed by atoms with van der Waals surface area (Å²) in [5.74, 6) is 1.64. The second-order valence-electron chi connectivity index (χ2n) is 7.27. The maximum Gasteiger partial charge on any atom is 0.312 e. The van der Waals surface area contributed by atoms with Gasteiger partial charge in [-0.25, -0.2) is 0 Å². The van der Waals surface area contributed by atoms with Crippen molar-refractivity contribution in [1.82, 2.24) is 4.90 Å². The van der Waals surface area contributed by atoms with E-state index in [1.165, 1.54) is 51.4 Å². The van der Waals surface area contributed by atoms with E-state index in [-0.39, 0.29) is 0 Å². The van der Waals surface area contributed by atoms with Crippen LogP contribution in [0.3, 0.4) is 0 Å². The van der Waals surface area contributed by atoms with Crippen molar-refractivity contribution >= 4 is 6.41 Å². The van der Waals surface area contributed by atoms with Crippen LogP contribution in [-0.2, 0) is 4.79 Å². The van der Waals surface area contributed by atoms with Crippen LogP contribution in [0.25, 0.3) is 0 Å². The number of amides is 1. The summed E-state index contributed by atoms with van der Waals surface area (Å²) in [6.07, 6.45) is 14.8. The molecule has 0 heterocycles. The highest BCUT2D eigenvalue weighted by atomic mass is 16.1. The van der Waals surface area contributed by atoms with Crippen molar-refractivity contribution in [2.75, 3.05) is 13.1 Å². The Hall–Kier alpha value is -0.530. The lowest BCUT2D eigenvalue weighted by Crippen LogP contribution is -2.24. The molecule has 125 valence electrons. The standard InChI is InChI=1S/C19H38NO/c1-18(2)13-9-5-7-11-15-20(17-21)16-12-8-6-10-14-19(3)4/h18-19H,5-16H2,1-4H3. The summed E-state index contributed by atoms with van der Waals surface area (Å²) in [6, 6.07) is 0. The molecule has 2 nitrogen and oxygen atoms in total. The summed E-state index contributed by atoms with van der Waals surface area (Å²) >= 11 is 0. The Bertz CT molecular complexity index is 206. The average molecular weight is 297 g/mol. The van der Waals surface area contributed by atoms with Crippen LogP contribution < -0.4 is 0 Å². The Kier molecular flexibility index (Phi) is 14.0. The third kappa shape index (κ3) is 15.7. The quantitative estimate of drug-likeness (QED) is 0.286. The fourth-order valence-corrected chi connectivity index (χ4v) is 2.62. The minimum atomic E-state index is 0.820. The van der Waals surface area contributed by atoms with Gasteiger partial charge in [0.1, 0.15) is 0 Å². The first-order valence-corrected chi connectivity index (χ1v) is 9.19. The molecule has 0 fully saturated rings. The molecule has 0 aliphatic rings. The van der Waals surface area contributed by atoms with Gasteiger partial charge in [-0.15, -0.1) is 0 Å². The van der Waals surface area contributed by atoms with E-state index in [2.05, 4.69) is 34.1 Å². The monoisotopic (exact) mass is 296 g/mol. The molecule has 1 amide bonds. The van der Waals surface area contributed by atoms with E-state index < -0.39 is 0 Å². The van der Waals surface area contributed by atoms with Crippen LogP contribution in [0.2, 0.25) is 0 Å². The molecule has 0 spiro atoms. The summed E-state index contributed by atoms with van der Waals surface area (Å²) in [5, 5.41) is 0. The zero-order valence-electron chi connectivity index (χ0n) is 15.0. The zero-order valence-corrected chi connectivity index (χ0v) is 15.0. The van der Waals surface area contributed by atoms with Crippen molar-refractivity contribution in [2.24, 2.45) is 11.8 Å². The van der Waals surface area contributed by atoms with Gasteiger partial charge in [-0.1, -0.05) is 79.1 Å². The predicted molar refractivity (Wildman–Crippen MR) is 93.1 cm³/mol. The first-order chi connectivity index (χ1) is 10.1. The van der Waals surface area contributed by atoms with Crippen molar-refractivity contribution in [3.05, 3.63) is 0 Å². The zero-order chi connectivity index (χ0) is 15.9. The molecule has 21 heavy (non-hydrogen) atoms. The molecule has 0 rings (SSSR count). The van der Waals surface area contributed by atoms with Gasteiger partial charge in [-0.3, -0.25) is 4.79 Å². The van der Waals surface area contributed by atoms with Gasteiger partial charge in [0.2, 0.25) is 0 Å². The maximum atomic E-state index is 10.9. The topological polar surface area (TPSA) is 20.3 Å². The Morgan fingerprint density at radius 2 is 1.05 bits per heavy atom. The second kappa shape index (κ2) is 14.4. The van der Waals surface area contributed by atoms with Crippen LogP contribution in [0.4, 0.5) is 0 Å². The first-order valence-electron chi connectivity index (χ1n) is 9.19. The van der Waals surface area contributed by atoms with Gasteiger partial charge >= 0.3 is 6.41 Å². The number of unbranched alkanes of at least 4 members (excludes halogenated alkanes) is 6. The van der Waals surface area contributed by atoms with E-state index in [0.717, 1.165) is 37.8 Å². The fraction of sp³-hybridized carbons (Fsp3) is 0.947. The number of carbonyl (C=O) groups excluding carboxylic acids is 1. The molecule has 0 unspecified atom stereocenters. The molecular weight excluding hydrogens is 258 g/mol. The molecule has 0 aromatic carbocycles. The lowest BCUT2D eigenvalue weighted by molar-refractivity contribution is 0.355. The van der Waals surface area contributed by atoms with E-state index in [1.807, 2.05) is 4.90 Å². The Morgan fingerprint density at radius 1 is 0.667 bits per heavy atom. The SMILES string of the molecule is CC(C)CCCCCCN([C]=O)CCCCCCC(C)C. The van der Waals surface area contributed by atoms with Gasteiger partial charge < -0.3 is 4.90 Å². The van der Waals surface area contributed by atoms with Crippen molar-refractivity contribution in [2.45, 2.75) is 91.9 Å². The van der Waals surface area contributed by atoms with Crippen LogP contribution in [-0.4, -0.2) is 24.4 Å². The minimum absolute atomic E-state index is 0.820. The van der Waals surface area contributed by atoms with Crippen LogP contribution in [0.1, 0.15) is 91.9 Å². The predicted octanol–water partition coefficient (Wildman–Crippen LogP) is 5.57. The van der Waals surface area contributed by atoms with Gasteiger partial charge in [0.25, 0.3) is 0 Å². The lowest BCUT2D eigenvalue weighted by atomic mass is 10.0. The highest BCUT2D eigenvalue weighted by Crippen LogP contribution is 2.11. The first kappa shape index (κ1) is 20.5. The molecule has 0 aromatic rings. The molecule has 0 saturated carbocycles. The molecule has 1 radical (unpaired) electrons. The van der Waals surface area contributed by atoms with E-state index in [0.29, 0.717) is 0 Å². The number of rotatable bonds is 15. The van der Waals surface area contributed by atoms with E-state index in [1.54, 1.807) is 0 Å². The molecule has 0 N–H and O–H groups in total. The summed E-state index contributed by atoms with van der Waals surface area (Å²) in [5.41, 5.74) is 0. The van der Waals surface area contributed by atoms with Crippen molar-refractivity contribution in [3.8, 4) is 0 Å². The maximum absolute atomic E-state index is 10.9. The minimum Gasteiger partial charge on any atom is -0.334 e. The summed E-state index contributed by atoms with van der Waals surface area (Å²) in [6.45, 7) is 10.9. The molecule has 0 aliphatic heterocycles. The Balaban J connectivity index is 3.39.